The predicted molar refractivity (Wildman–Crippen MR) is 82.1 cm³/mol. The number of rotatable bonds is 2. The van der Waals surface area contributed by atoms with Crippen molar-refractivity contribution in [2.24, 2.45) is 0 Å². The Bertz CT molecular complexity index is 460. The summed E-state index contributed by atoms with van der Waals surface area (Å²) in [5.41, 5.74) is 3.93. The predicted octanol–water partition coefficient (Wildman–Crippen LogP) is 3.41. The maximum absolute atomic E-state index is 5.95. The van der Waals surface area contributed by atoms with Gasteiger partial charge in [0.05, 0.1) is 0 Å². The fourth-order valence-electron chi connectivity index (χ4n) is 3.57. The molecule has 1 aromatic carbocycles. The molecule has 3 rings (SSSR count). The average Bonchev–Trinajstić information content (AvgIpc) is 2.63. The molecular formula is C16H23ClN2. The molecule has 0 saturated carbocycles. The Morgan fingerprint density at radius 2 is 2.00 bits per heavy atom. The van der Waals surface area contributed by atoms with E-state index in [1.807, 2.05) is 0 Å². The van der Waals surface area contributed by atoms with Gasteiger partial charge in [0.1, 0.15) is 0 Å². The van der Waals surface area contributed by atoms with Crippen molar-refractivity contribution in [3.05, 3.63) is 29.3 Å². The smallest absolute Gasteiger partial charge is 0.0476 e. The molecule has 104 valence electrons. The molecule has 2 unspecified atom stereocenters. The van der Waals surface area contributed by atoms with Crippen LogP contribution in [0.4, 0.5) is 5.69 Å². The van der Waals surface area contributed by atoms with Gasteiger partial charge in [-0.2, -0.15) is 0 Å². The topological polar surface area (TPSA) is 6.48 Å². The van der Waals surface area contributed by atoms with Gasteiger partial charge in [0.15, 0.2) is 0 Å². The second-order valence-electron chi connectivity index (χ2n) is 6.03. The van der Waals surface area contributed by atoms with Crippen LogP contribution < -0.4 is 4.90 Å². The molecule has 0 radical (unpaired) electrons. The maximum atomic E-state index is 5.95. The number of likely N-dealkylation sites (N-methyl/N-ethyl adjacent to an activating group) is 1. The van der Waals surface area contributed by atoms with E-state index in [0.29, 0.717) is 5.88 Å². The van der Waals surface area contributed by atoms with E-state index >= 15 is 0 Å². The Balaban J connectivity index is 1.81. The third kappa shape index (κ3) is 2.48. The lowest BCUT2D eigenvalue weighted by molar-refractivity contribution is 0.254. The van der Waals surface area contributed by atoms with Gasteiger partial charge in [-0.15, -0.1) is 11.6 Å². The summed E-state index contributed by atoms with van der Waals surface area (Å²) >= 11 is 5.95. The number of nitrogens with zero attached hydrogens (tertiary/aromatic N) is 2. The fraction of sp³-hybridized carbons (Fsp3) is 0.625. The minimum atomic E-state index is 0.611. The fourth-order valence-corrected chi connectivity index (χ4v) is 3.87. The minimum Gasteiger partial charge on any atom is -0.370 e. The van der Waals surface area contributed by atoms with Crippen LogP contribution in [0, 0.1) is 6.92 Å². The molecule has 2 aliphatic rings. The van der Waals surface area contributed by atoms with Crippen LogP contribution >= 0.6 is 11.6 Å². The van der Waals surface area contributed by atoms with Crippen molar-refractivity contribution >= 4 is 17.3 Å². The molecular weight excluding hydrogens is 256 g/mol. The summed E-state index contributed by atoms with van der Waals surface area (Å²) in [5.74, 6) is 0.611. The monoisotopic (exact) mass is 278 g/mol. The Kier molecular flexibility index (Phi) is 3.72. The number of halogens is 1. The molecule has 2 heterocycles. The van der Waals surface area contributed by atoms with Crippen LogP contribution in [0.3, 0.4) is 0 Å². The summed E-state index contributed by atoms with van der Waals surface area (Å²) in [6.45, 7) is 4.52. The summed E-state index contributed by atoms with van der Waals surface area (Å²) in [6, 6.07) is 8.27. The third-order valence-corrected chi connectivity index (χ3v) is 5.27. The summed E-state index contributed by atoms with van der Waals surface area (Å²) in [5, 5.41) is 0. The first kappa shape index (κ1) is 13.3. The van der Waals surface area contributed by atoms with Crippen molar-refractivity contribution < 1.29 is 0 Å². The average molecular weight is 279 g/mol. The molecule has 0 amide bonds. The van der Waals surface area contributed by atoms with Crippen LogP contribution in [-0.4, -0.2) is 37.1 Å². The molecule has 2 aliphatic heterocycles. The SMILES string of the molecule is Cc1cc(N2CCC3CCC(C2)N3C)ccc1CCl. The highest BCUT2D eigenvalue weighted by molar-refractivity contribution is 6.17. The number of aryl methyl sites for hydroxylation is 1. The van der Waals surface area contributed by atoms with Crippen molar-refractivity contribution in [3.63, 3.8) is 0 Å². The van der Waals surface area contributed by atoms with Gasteiger partial charge in [-0.3, -0.25) is 4.90 Å². The van der Waals surface area contributed by atoms with Gasteiger partial charge in [0.2, 0.25) is 0 Å². The minimum absolute atomic E-state index is 0.611. The largest absolute Gasteiger partial charge is 0.370 e. The summed E-state index contributed by atoms with van der Waals surface area (Å²) in [6.07, 6.45) is 4.04. The van der Waals surface area contributed by atoms with Crippen molar-refractivity contribution in [1.29, 1.82) is 0 Å². The Morgan fingerprint density at radius 1 is 1.21 bits per heavy atom. The van der Waals surface area contributed by atoms with Crippen molar-refractivity contribution in [1.82, 2.24) is 4.90 Å². The third-order valence-electron chi connectivity index (χ3n) is 4.98. The summed E-state index contributed by atoms with van der Waals surface area (Å²) < 4.78 is 0. The van der Waals surface area contributed by atoms with Gasteiger partial charge in [-0.25, -0.2) is 0 Å². The molecule has 0 N–H and O–H groups in total. The molecule has 3 heteroatoms. The van der Waals surface area contributed by atoms with Gasteiger partial charge < -0.3 is 4.90 Å². The number of fused-ring (bicyclic) bond motifs is 2. The number of hydrogen-bond donors (Lipinski definition) is 0. The maximum Gasteiger partial charge on any atom is 0.0476 e. The molecule has 19 heavy (non-hydrogen) atoms. The van der Waals surface area contributed by atoms with Crippen LogP contribution in [0.1, 0.15) is 30.4 Å². The van der Waals surface area contributed by atoms with Gasteiger partial charge in [0, 0.05) is 36.7 Å². The van der Waals surface area contributed by atoms with Crippen molar-refractivity contribution in [2.75, 3.05) is 25.0 Å². The zero-order valence-electron chi connectivity index (χ0n) is 11.9. The van der Waals surface area contributed by atoms with Crippen LogP contribution in [0.2, 0.25) is 0 Å². The van der Waals surface area contributed by atoms with Crippen molar-refractivity contribution in [2.45, 2.75) is 44.1 Å². The van der Waals surface area contributed by atoms with Gasteiger partial charge in [-0.05, 0) is 56.5 Å². The van der Waals surface area contributed by atoms with Crippen molar-refractivity contribution in [3.8, 4) is 0 Å². The Labute approximate surface area is 121 Å². The number of hydrogen-bond acceptors (Lipinski definition) is 2. The number of alkyl halides is 1. The number of anilines is 1. The van der Waals surface area contributed by atoms with Crippen LogP contribution in [0.15, 0.2) is 18.2 Å². The summed E-state index contributed by atoms with van der Waals surface area (Å²) in [4.78, 5) is 5.16. The van der Waals surface area contributed by atoms with E-state index in [1.54, 1.807) is 0 Å². The lowest BCUT2D eigenvalue weighted by Crippen LogP contribution is -2.36. The van der Waals surface area contributed by atoms with E-state index in [0.717, 1.165) is 12.1 Å². The Hall–Kier alpha value is -0.730. The van der Waals surface area contributed by atoms with Crippen LogP contribution in [0.25, 0.3) is 0 Å². The lowest BCUT2D eigenvalue weighted by Gasteiger charge is -2.28. The van der Waals surface area contributed by atoms with Gasteiger partial charge in [-0.1, -0.05) is 6.07 Å². The standard InChI is InChI=1S/C16H23ClN2/c1-12-9-15(4-3-13(12)10-17)19-8-7-14-5-6-16(11-19)18(14)2/h3-4,9,14,16H,5-8,10-11H2,1-2H3. The van der Waals surface area contributed by atoms with Crippen LogP contribution in [-0.2, 0) is 5.88 Å². The van der Waals surface area contributed by atoms with E-state index in [4.69, 9.17) is 11.6 Å². The van der Waals surface area contributed by atoms with Gasteiger partial charge >= 0.3 is 0 Å². The van der Waals surface area contributed by atoms with E-state index in [2.05, 4.69) is 42.0 Å². The quantitative estimate of drug-likeness (QED) is 0.765. The molecule has 2 atom stereocenters. The molecule has 0 aromatic heterocycles. The first-order chi connectivity index (χ1) is 9.19. The first-order valence-corrected chi connectivity index (χ1v) is 7.85. The highest BCUT2D eigenvalue weighted by Crippen LogP contribution is 2.31. The Morgan fingerprint density at radius 3 is 2.74 bits per heavy atom. The van der Waals surface area contributed by atoms with E-state index < -0.39 is 0 Å². The van der Waals surface area contributed by atoms with E-state index in [1.165, 1.54) is 49.2 Å². The molecule has 2 bridgehead atoms. The highest BCUT2D eigenvalue weighted by atomic mass is 35.5. The normalized spacial score (nSPS) is 27.6. The van der Waals surface area contributed by atoms with Gasteiger partial charge in [0.25, 0.3) is 0 Å². The summed E-state index contributed by atoms with van der Waals surface area (Å²) in [7, 11) is 2.30. The second kappa shape index (κ2) is 5.34. The zero-order chi connectivity index (χ0) is 13.4. The number of benzene rings is 1. The van der Waals surface area contributed by atoms with E-state index in [9.17, 15) is 0 Å². The molecule has 0 spiro atoms. The van der Waals surface area contributed by atoms with Crippen LogP contribution in [0.5, 0.6) is 0 Å². The lowest BCUT2D eigenvalue weighted by atomic mass is 10.1. The molecule has 2 saturated heterocycles. The van der Waals surface area contributed by atoms with E-state index in [-0.39, 0.29) is 0 Å². The molecule has 0 aliphatic carbocycles. The zero-order valence-corrected chi connectivity index (χ0v) is 12.7. The first-order valence-electron chi connectivity index (χ1n) is 7.31. The molecule has 2 nitrogen and oxygen atoms in total. The molecule has 2 fully saturated rings. The second-order valence-corrected chi connectivity index (χ2v) is 6.30. The molecule has 1 aromatic rings. The highest BCUT2D eigenvalue weighted by Gasteiger charge is 2.34.